The summed E-state index contributed by atoms with van der Waals surface area (Å²) < 4.78 is 35.9. The smallest absolute Gasteiger partial charge is 0.254 e. The van der Waals surface area contributed by atoms with Gasteiger partial charge in [0, 0.05) is 13.6 Å². The number of primary sulfonamides is 1. The third kappa shape index (κ3) is 3.06. The number of halogens is 2. The lowest BCUT2D eigenvalue weighted by atomic mass is 10.2. The van der Waals surface area contributed by atoms with Crippen LogP contribution >= 0.6 is 15.9 Å². The van der Waals surface area contributed by atoms with Gasteiger partial charge in [-0.25, -0.2) is 17.9 Å². The van der Waals surface area contributed by atoms with Crippen LogP contribution in [-0.2, 0) is 10.0 Å². The number of amides is 1. The topological polar surface area (TPSA) is 80.5 Å². The first-order valence-corrected chi connectivity index (χ1v) is 7.29. The molecule has 0 aromatic heterocycles. The Kier molecular flexibility index (Phi) is 4.46. The van der Waals surface area contributed by atoms with Crippen molar-refractivity contribution in [3.8, 4) is 0 Å². The van der Waals surface area contributed by atoms with Crippen molar-refractivity contribution in [2.45, 2.75) is 11.8 Å². The molecule has 0 unspecified atom stereocenters. The molecule has 1 aromatic rings. The Balaban J connectivity index is 3.48. The third-order valence-corrected chi connectivity index (χ3v) is 4.41. The summed E-state index contributed by atoms with van der Waals surface area (Å²) in [6, 6.07) is 1.73. The number of carbonyl (C=O) groups is 1. The first-order valence-electron chi connectivity index (χ1n) is 4.95. The molecule has 5 nitrogen and oxygen atoms in total. The average molecular weight is 339 g/mol. The van der Waals surface area contributed by atoms with Gasteiger partial charge in [-0.3, -0.25) is 4.79 Å². The van der Waals surface area contributed by atoms with E-state index in [2.05, 4.69) is 15.9 Å². The number of nitrogens with zero attached hydrogens (tertiary/aromatic N) is 1. The highest BCUT2D eigenvalue weighted by atomic mass is 79.9. The highest BCUT2D eigenvalue weighted by Crippen LogP contribution is 2.27. The summed E-state index contributed by atoms with van der Waals surface area (Å²) >= 11 is 2.98. The maximum atomic E-state index is 13.4. The highest BCUT2D eigenvalue weighted by molar-refractivity contribution is 9.10. The maximum absolute atomic E-state index is 13.4. The molecule has 0 heterocycles. The molecule has 0 saturated carbocycles. The van der Waals surface area contributed by atoms with Gasteiger partial charge in [-0.15, -0.1) is 0 Å². The van der Waals surface area contributed by atoms with Crippen molar-refractivity contribution in [2.75, 3.05) is 13.6 Å². The van der Waals surface area contributed by atoms with E-state index in [0.29, 0.717) is 6.54 Å². The molecule has 0 saturated heterocycles. The Labute approximate surface area is 113 Å². The number of nitrogens with two attached hydrogens (primary N) is 1. The summed E-state index contributed by atoms with van der Waals surface area (Å²) in [4.78, 5) is 12.8. The van der Waals surface area contributed by atoms with Gasteiger partial charge in [0.05, 0.1) is 14.9 Å². The van der Waals surface area contributed by atoms with Crippen LogP contribution in [0.5, 0.6) is 0 Å². The fourth-order valence-corrected chi connectivity index (χ4v) is 2.99. The summed E-state index contributed by atoms with van der Waals surface area (Å²) in [6.45, 7) is 2.15. The molecule has 1 aromatic carbocycles. The molecule has 0 radical (unpaired) electrons. The van der Waals surface area contributed by atoms with Crippen molar-refractivity contribution < 1.29 is 17.6 Å². The van der Waals surface area contributed by atoms with Crippen LogP contribution < -0.4 is 5.14 Å². The van der Waals surface area contributed by atoms with E-state index in [0.717, 1.165) is 12.1 Å². The van der Waals surface area contributed by atoms with Crippen LogP contribution in [0.25, 0.3) is 0 Å². The molecule has 0 fully saturated rings. The van der Waals surface area contributed by atoms with Crippen LogP contribution in [-0.4, -0.2) is 32.8 Å². The van der Waals surface area contributed by atoms with E-state index in [1.165, 1.54) is 11.9 Å². The fraction of sp³-hybridized carbons (Fsp3) is 0.300. The number of carbonyl (C=O) groups excluding carboxylic acids is 1. The van der Waals surface area contributed by atoms with Gasteiger partial charge in [-0.1, -0.05) is 0 Å². The standard InChI is InChI=1S/C10H12BrFN2O3S/c1-3-14(2)10(15)7-4-6(12)5-8(9(7)11)18(13,16)17/h4-5H,3H2,1-2H3,(H2,13,16,17). The second-order valence-corrected chi connectivity index (χ2v) is 5.95. The van der Waals surface area contributed by atoms with Crippen molar-refractivity contribution in [3.05, 3.63) is 28.0 Å². The SMILES string of the molecule is CCN(C)C(=O)c1cc(F)cc(S(N)(=O)=O)c1Br. The quantitative estimate of drug-likeness (QED) is 0.902. The number of rotatable bonds is 3. The van der Waals surface area contributed by atoms with Crippen LogP contribution in [0, 0.1) is 5.82 Å². The minimum Gasteiger partial charge on any atom is -0.342 e. The molecule has 100 valence electrons. The van der Waals surface area contributed by atoms with Gasteiger partial charge in [-0.05, 0) is 35.0 Å². The Morgan fingerprint density at radius 2 is 2.06 bits per heavy atom. The molecule has 0 aliphatic rings. The molecular formula is C10H12BrFN2O3S. The van der Waals surface area contributed by atoms with Crippen LogP contribution in [0.4, 0.5) is 4.39 Å². The van der Waals surface area contributed by atoms with E-state index in [1.54, 1.807) is 6.92 Å². The predicted molar refractivity (Wildman–Crippen MR) is 68.1 cm³/mol. The lowest BCUT2D eigenvalue weighted by Gasteiger charge is -2.16. The van der Waals surface area contributed by atoms with Gasteiger partial charge in [0.1, 0.15) is 5.82 Å². The molecule has 18 heavy (non-hydrogen) atoms. The van der Waals surface area contributed by atoms with Crippen LogP contribution in [0.1, 0.15) is 17.3 Å². The highest BCUT2D eigenvalue weighted by Gasteiger charge is 2.22. The third-order valence-electron chi connectivity index (χ3n) is 2.36. The Morgan fingerprint density at radius 3 is 2.50 bits per heavy atom. The van der Waals surface area contributed by atoms with Gasteiger partial charge < -0.3 is 4.90 Å². The minimum atomic E-state index is -4.10. The number of hydrogen-bond donors (Lipinski definition) is 1. The van der Waals surface area contributed by atoms with E-state index >= 15 is 0 Å². The molecular weight excluding hydrogens is 327 g/mol. The largest absolute Gasteiger partial charge is 0.342 e. The van der Waals surface area contributed by atoms with E-state index in [1.807, 2.05) is 0 Å². The van der Waals surface area contributed by atoms with Gasteiger partial charge >= 0.3 is 0 Å². The summed E-state index contributed by atoms with van der Waals surface area (Å²) in [6.07, 6.45) is 0. The number of sulfonamides is 1. The van der Waals surface area contributed by atoms with Crippen LogP contribution in [0.3, 0.4) is 0 Å². The van der Waals surface area contributed by atoms with Crippen molar-refractivity contribution >= 4 is 31.9 Å². The Hall–Kier alpha value is -0.990. The predicted octanol–water partition coefficient (Wildman–Crippen LogP) is 1.33. The molecule has 0 spiro atoms. The van der Waals surface area contributed by atoms with Gasteiger partial charge in [0.2, 0.25) is 10.0 Å². The Bertz CT molecular complexity index is 589. The van der Waals surface area contributed by atoms with Crippen molar-refractivity contribution in [1.82, 2.24) is 4.90 Å². The van der Waals surface area contributed by atoms with Crippen molar-refractivity contribution in [2.24, 2.45) is 5.14 Å². The molecule has 1 amide bonds. The van der Waals surface area contributed by atoms with Gasteiger partial charge in [0.25, 0.3) is 5.91 Å². The Morgan fingerprint density at radius 1 is 1.50 bits per heavy atom. The second kappa shape index (κ2) is 5.33. The molecule has 0 atom stereocenters. The number of benzene rings is 1. The first kappa shape index (κ1) is 15.1. The molecule has 0 aliphatic carbocycles. The zero-order valence-electron chi connectivity index (χ0n) is 9.78. The molecule has 0 bridgehead atoms. The molecule has 0 aliphatic heterocycles. The first-order chi connectivity index (χ1) is 8.18. The van der Waals surface area contributed by atoms with Gasteiger partial charge in [-0.2, -0.15) is 0 Å². The van der Waals surface area contributed by atoms with E-state index < -0.39 is 26.6 Å². The van der Waals surface area contributed by atoms with Crippen molar-refractivity contribution in [3.63, 3.8) is 0 Å². The zero-order valence-corrected chi connectivity index (χ0v) is 12.2. The summed E-state index contributed by atoms with van der Waals surface area (Å²) in [7, 11) is -2.58. The molecule has 1 rings (SSSR count). The van der Waals surface area contributed by atoms with Gasteiger partial charge in [0.15, 0.2) is 0 Å². The summed E-state index contributed by atoms with van der Waals surface area (Å²) in [5, 5.41) is 4.95. The van der Waals surface area contributed by atoms with Crippen molar-refractivity contribution in [1.29, 1.82) is 0 Å². The fourth-order valence-electron chi connectivity index (χ4n) is 1.28. The maximum Gasteiger partial charge on any atom is 0.254 e. The summed E-state index contributed by atoms with van der Waals surface area (Å²) in [5.41, 5.74) is -0.0802. The second-order valence-electron chi connectivity index (χ2n) is 3.63. The average Bonchev–Trinajstić information content (AvgIpc) is 2.28. The van der Waals surface area contributed by atoms with Crippen LogP contribution in [0.2, 0.25) is 0 Å². The summed E-state index contributed by atoms with van der Waals surface area (Å²) in [5.74, 6) is -1.33. The number of hydrogen-bond acceptors (Lipinski definition) is 3. The monoisotopic (exact) mass is 338 g/mol. The van der Waals surface area contributed by atoms with E-state index in [-0.39, 0.29) is 10.0 Å². The van der Waals surface area contributed by atoms with E-state index in [9.17, 15) is 17.6 Å². The molecule has 2 N–H and O–H groups in total. The van der Waals surface area contributed by atoms with E-state index in [4.69, 9.17) is 5.14 Å². The minimum absolute atomic E-state index is 0.0308. The normalized spacial score (nSPS) is 11.4. The van der Waals surface area contributed by atoms with Crippen LogP contribution in [0.15, 0.2) is 21.5 Å². The lowest BCUT2D eigenvalue weighted by Crippen LogP contribution is -2.27. The molecule has 8 heteroatoms. The lowest BCUT2D eigenvalue weighted by molar-refractivity contribution is 0.0800. The zero-order chi connectivity index (χ0) is 14.1.